The number of anilines is 1. The van der Waals surface area contributed by atoms with Crippen molar-refractivity contribution in [2.24, 2.45) is 0 Å². The van der Waals surface area contributed by atoms with E-state index in [2.05, 4.69) is 10.6 Å². The van der Waals surface area contributed by atoms with E-state index in [9.17, 15) is 9.59 Å². The molecule has 0 aliphatic rings. The van der Waals surface area contributed by atoms with Gasteiger partial charge >= 0.3 is 0 Å². The quantitative estimate of drug-likeness (QED) is 0.664. The van der Waals surface area contributed by atoms with Gasteiger partial charge in [-0.3, -0.25) is 9.59 Å². The van der Waals surface area contributed by atoms with Crippen molar-refractivity contribution in [3.8, 4) is 0 Å². The summed E-state index contributed by atoms with van der Waals surface area (Å²) in [5.41, 5.74) is 1.50. The molecule has 0 aliphatic carbocycles. The van der Waals surface area contributed by atoms with E-state index < -0.39 is 0 Å². The third-order valence-electron chi connectivity index (χ3n) is 3.61. The van der Waals surface area contributed by atoms with Crippen molar-refractivity contribution < 1.29 is 9.59 Å². The monoisotopic (exact) mass is 392 g/mol. The van der Waals surface area contributed by atoms with Crippen molar-refractivity contribution in [1.29, 1.82) is 0 Å². The lowest BCUT2D eigenvalue weighted by Gasteiger charge is -2.09. The maximum atomic E-state index is 12.3. The standard InChI is InChI=1S/C18H14Cl2N2O2S/c1-10-8-11(19)6-7-13(10)22-15(23)9-21-18(24)17-16(20)12-4-2-3-5-14(12)25-17/h2-8H,9H2,1H3,(H,21,24)(H,22,23). The fourth-order valence-electron chi connectivity index (χ4n) is 2.36. The van der Waals surface area contributed by atoms with E-state index in [1.807, 2.05) is 31.2 Å². The van der Waals surface area contributed by atoms with Crippen molar-refractivity contribution in [3.63, 3.8) is 0 Å². The molecule has 4 nitrogen and oxygen atoms in total. The number of rotatable bonds is 4. The Morgan fingerprint density at radius 3 is 2.60 bits per heavy atom. The van der Waals surface area contributed by atoms with Gasteiger partial charge in [0.2, 0.25) is 5.91 Å². The van der Waals surface area contributed by atoms with E-state index in [4.69, 9.17) is 23.2 Å². The Balaban J connectivity index is 1.65. The van der Waals surface area contributed by atoms with Crippen LogP contribution >= 0.6 is 34.5 Å². The summed E-state index contributed by atoms with van der Waals surface area (Å²) < 4.78 is 0.930. The Morgan fingerprint density at radius 1 is 1.12 bits per heavy atom. The number of hydrogen-bond acceptors (Lipinski definition) is 3. The van der Waals surface area contributed by atoms with E-state index in [1.165, 1.54) is 11.3 Å². The number of halogens is 2. The van der Waals surface area contributed by atoms with Crippen molar-refractivity contribution >= 4 is 62.1 Å². The molecule has 0 aliphatic heterocycles. The summed E-state index contributed by atoms with van der Waals surface area (Å²) >= 11 is 13.5. The summed E-state index contributed by atoms with van der Waals surface area (Å²) in [6.07, 6.45) is 0. The van der Waals surface area contributed by atoms with Crippen LogP contribution in [0.1, 0.15) is 15.2 Å². The number of carbonyl (C=O) groups excluding carboxylic acids is 2. The van der Waals surface area contributed by atoms with Crippen LogP contribution in [0.25, 0.3) is 10.1 Å². The molecule has 0 saturated heterocycles. The summed E-state index contributed by atoms with van der Waals surface area (Å²) in [5, 5.41) is 7.19. The molecule has 0 fully saturated rings. The molecule has 128 valence electrons. The molecular formula is C18H14Cl2N2O2S. The summed E-state index contributed by atoms with van der Waals surface area (Å²) in [6.45, 7) is 1.70. The zero-order chi connectivity index (χ0) is 18.0. The Labute approximate surface area is 158 Å². The van der Waals surface area contributed by atoms with Gasteiger partial charge in [-0.05, 0) is 36.8 Å². The number of amides is 2. The van der Waals surface area contributed by atoms with E-state index >= 15 is 0 Å². The first kappa shape index (κ1) is 17.7. The van der Waals surface area contributed by atoms with Crippen molar-refractivity contribution in [1.82, 2.24) is 5.32 Å². The Hall–Kier alpha value is -2.08. The molecule has 7 heteroatoms. The highest BCUT2D eigenvalue weighted by Gasteiger charge is 2.17. The second kappa shape index (κ2) is 7.44. The van der Waals surface area contributed by atoms with Crippen molar-refractivity contribution in [2.45, 2.75) is 6.92 Å². The number of nitrogens with one attached hydrogen (secondary N) is 2. The minimum absolute atomic E-state index is 0.147. The normalized spacial score (nSPS) is 10.7. The third-order valence-corrected chi connectivity index (χ3v) is 5.52. The smallest absolute Gasteiger partial charge is 0.263 e. The van der Waals surface area contributed by atoms with E-state index in [0.717, 1.165) is 15.6 Å². The summed E-state index contributed by atoms with van der Waals surface area (Å²) in [5.74, 6) is -0.690. The maximum Gasteiger partial charge on any atom is 0.263 e. The molecule has 2 N–H and O–H groups in total. The average Bonchev–Trinajstić information content (AvgIpc) is 2.93. The fourth-order valence-corrected chi connectivity index (χ4v) is 4.02. The highest BCUT2D eigenvalue weighted by Crippen LogP contribution is 2.34. The number of hydrogen-bond donors (Lipinski definition) is 2. The second-order valence-corrected chi connectivity index (χ2v) is 7.30. The molecule has 3 rings (SSSR count). The van der Waals surface area contributed by atoms with Crippen LogP contribution in [0.2, 0.25) is 10.0 Å². The minimum Gasteiger partial charge on any atom is -0.342 e. The van der Waals surface area contributed by atoms with Gasteiger partial charge < -0.3 is 10.6 Å². The number of benzene rings is 2. The van der Waals surface area contributed by atoms with E-state index in [0.29, 0.717) is 20.6 Å². The van der Waals surface area contributed by atoms with Gasteiger partial charge in [-0.15, -0.1) is 11.3 Å². The predicted molar refractivity (Wildman–Crippen MR) is 104 cm³/mol. The van der Waals surface area contributed by atoms with Gasteiger partial charge in [-0.1, -0.05) is 41.4 Å². The lowest BCUT2D eigenvalue weighted by atomic mass is 10.2. The minimum atomic E-state index is -0.367. The molecule has 0 saturated carbocycles. The van der Waals surface area contributed by atoms with Gasteiger partial charge in [0.05, 0.1) is 11.6 Å². The summed E-state index contributed by atoms with van der Waals surface area (Å²) in [7, 11) is 0. The number of fused-ring (bicyclic) bond motifs is 1. The fraction of sp³-hybridized carbons (Fsp3) is 0.111. The molecule has 1 aromatic heterocycles. The van der Waals surface area contributed by atoms with Crippen LogP contribution in [0, 0.1) is 6.92 Å². The SMILES string of the molecule is Cc1cc(Cl)ccc1NC(=O)CNC(=O)c1sc2ccccc2c1Cl. The number of thiophene rings is 1. The van der Waals surface area contributed by atoms with Gasteiger partial charge in [0.25, 0.3) is 5.91 Å². The van der Waals surface area contributed by atoms with Crippen LogP contribution in [-0.2, 0) is 4.79 Å². The van der Waals surface area contributed by atoms with E-state index in [-0.39, 0.29) is 18.4 Å². The molecule has 0 unspecified atom stereocenters. The second-order valence-electron chi connectivity index (χ2n) is 5.43. The largest absolute Gasteiger partial charge is 0.342 e. The number of aryl methyl sites for hydroxylation is 1. The van der Waals surface area contributed by atoms with Crippen LogP contribution in [-0.4, -0.2) is 18.4 Å². The first-order valence-electron chi connectivity index (χ1n) is 7.47. The highest BCUT2D eigenvalue weighted by atomic mass is 35.5. The molecule has 3 aromatic rings. The van der Waals surface area contributed by atoms with Crippen molar-refractivity contribution in [2.75, 3.05) is 11.9 Å². The van der Waals surface area contributed by atoms with Gasteiger partial charge in [-0.25, -0.2) is 0 Å². The Kier molecular flexibility index (Phi) is 5.27. The van der Waals surface area contributed by atoms with Crippen molar-refractivity contribution in [3.05, 3.63) is 63.0 Å². The van der Waals surface area contributed by atoms with Crippen LogP contribution < -0.4 is 10.6 Å². The van der Waals surface area contributed by atoms with Gasteiger partial charge in [-0.2, -0.15) is 0 Å². The zero-order valence-corrected chi connectivity index (χ0v) is 15.6. The van der Waals surface area contributed by atoms with Gasteiger partial charge in [0.15, 0.2) is 0 Å². The first-order valence-corrected chi connectivity index (χ1v) is 9.04. The highest BCUT2D eigenvalue weighted by molar-refractivity contribution is 7.21. The first-order chi connectivity index (χ1) is 12.0. The van der Waals surface area contributed by atoms with Crippen LogP contribution in [0.4, 0.5) is 5.69 Å². The van der Waals surface area contributed by atoms with Crippen LogP contribution in [0.5, 0.6) is 0 Å². The molecule has 0 radical (unpaired) electrons. The Morgan fingerprint density at radius 2 is 1.88 bits per heavy atom. The Bertz CT molecular complexity index is 969. The maximum absolute atomic E-state index is 12.3. The van der Waals surface area contributed by atoms with Gasteiger partial charge in [0, 0.05) is 20.8 Å². The molecule has 2 aromatic carbocycles. The van der Waals surface area contributed by atoms with Crippen LogP contribution in [0.15, 0.2) is 42.5 Å². The molecule has 0 atom stereocenters. The molecule has 25 heavy (non-hydrogen) atoms. The lowest BCUT2D eigenvalue weighted by molar-refractivity contribution is -0.115. The summed E-state index contributed by atoms with van der Waals surface area (Å²) in [4.78, 5) is 24.8. The third kappa shape index (κ3) is 3.95. The van der Waals surface area contributed by atoms with Gasteiger partial charge in [0.1, 0.15) is 4.88 Å². The predicted octanol–water partition coefficient (Wildman–Crippen LogP) is 4.89. The zero-order valence-electron chi connectivity index (χ0n) is 13.2. The van der Waals surface area contributed by atoms with Crippen LogP contribution in [0.3, 0.4) is 0 Å². The molecule has 1 heterocycles. The molecular weight excluding hydrogens is 379 g/mol. The topological polar surface area (TPSA) is 58.2 Å². The molecule has 2 amide bonds. The lowest BCUT2D eigenvalue weighted by Crippen LogP contribution is -2.32. The summed E-state index contributed by atoms with van der Waals surface area (Å²) in [6, 6.07) is 12.7. The molecule has 0 spiro atoms. The van der Waals surface area contributed by atoms with E-state index in [1.54, 1.807) is 18.2 Å². The molecule has 0 bridgehead atoms. The number of carbonyl (C=O) groups is 2. The average molecular weight is 393 g/mol.